The largest absolute Gasteiger partial charge is 0.494 e. The zero-order valence-electron chi connectivity index (χ0n) is 15.6. The van der Waals surface area contributed by atoms with Gasteiger partial charge in [0.1, 0.15) is 5.75 Å². The molecule has 0 atom stereocenters. The molecule has 0 aromatic heterocycles. The molecule has 0 heterocycles. The van der Waals surface area contributed by atoms with Gasteiger partial charge in [-0.3, -0.25) is 4.79 Å². The minimum atomic E-state index is -0.515. The van der Waals surface area contributed by atoms with Crippen molar-refractivity contribution < 1.29 is 19.1 Å². The van der Waals surface area contributed by atoms with Crippen molar-refractivity contribution in [3.05, 3.63) is 64.1 Å². The van der Waals surface area contributed by atoms with Gasteiger partial charge in [0.25, 0.3) is 0 Å². The maximum absolute atomic E-state index is 12.2. The quantitative estimate of drug-likeness (QED) is 0.254. The number of unbranched alkanes of at least 4 members (excludes halogenated alkanes) is 4. The van der Waals surface area contributed by atoms with Crippen LogP contribution < -0.4 is 4.74 Å². The van der Waals surface area contributed by atoms with Gasteiger partial charge in [0, 0.05) is 10.0 Å². The van der Waals surface area contributed by atoms with Crippen LogP contribution in [-0.2, 0) is 4.74 Å². The minimum absolute atomic E-state index is 0.244. The van der Waals surface area contributed by atoms with E-state index in [9.17, 15) is 9.59 Å². The van der Waals surface area contributed by atoms with Crippen LogP contribution in [-0.4, -0.2) is 25.0 Å². The number of ketones is 1. The lowest BCUT2D eigenvalue weighted by molar-refractivity contribution is 0.0474. The Morgan fingerprint density at radius 1 is 0.852 bits per heavy atom. The van der Waals surface area contributed by atoms with Gasteiger partial charge in [-0.25, -0.2) is 4.79 Å². The second-order valence-corrected chi connectivity index (χ2v) is 7.21. The van der Waals surface area contributed by atoms with Crippen molar-refractivity contribution in [3.63, 3.8) is 0 Å². The number of benzene rings is 2. The van der Waals surface area contributed by atoms with Crippen LogP contribution in [0.5, 0.6) is 5.75 Å². The zero-order valence-corrected chi connectivity index (χ0v) is 17.2. The number of Topliss-reactive ketones (excluding diaryl/α,β-unsaturated/α-hetero) is 1. The van der Waals surface area contributed by atoms with Crippen molar-refractivity contribution in [1.29, 1.82) is 0 Å². The van der Waals surface area contributed by atoms with Crippen molar-refractivity contribution in [3.8, 4) is 5.75 Å². The number of esters is 1. The van der Waals surface area contributed by atoms with Crippen molar-refractivity contribution in [2.75, 3.05) is 13.2 Å². The van der Waals surface area contributed by atoms with Gasteiger partial charge in [-0.15, -0.1) is 0 Å². The highest BCUT2D eigenvalue weighted by atomic mass is 79.9. The van der Waals surface area contributed by atoms with E-state index in [1.165, 1.54) is 25.7 Å². The Hall–Kier alpha value is -2.14. The molecule has 0 bridgehead atoms. The lowest BCUT2D eigenvalue weighted by Gasteiger charge is -2.08. The lowest BCUT2D eigenvalue weighted by Crippen LogP contribution is -2.14. The molecule has 0 aliphatic rings. The number of carbonyl (C=O) groups is 2. The predicted octanol–water partition coefficient (Wildman–Crippen LogP) is 5.84. The van der Waals surface area contributed by atoms with E-state index < -0.39 is 5.97 Å². The van der Waals surface area contributed by atoms with Crippen molar-refractivity contribution in [1.82, 2.24) is 0 Å². The Balaban J connectivity index is 1.74. The van der Waals surface area contributed by atoms with Crippen LogP contribution in [0.15, 0.2) is 53.0 Å². The van der Waals surface area contributed by atoms with Crippen LogP contribution in [0.4, 0.5) is 0 Å². The molecule has 2 aromatic carbocycles. The first-order valence-corrected chi connectivity index (χ1v) is 10.1. The highest BCUT2D eigenvalue weighted by Crippen LogP contribution is 2.15. The summed E-state index contributed by atoms with van der Waals surface area (Å²) < 4.78 is 11.7. The molecule has 5 heteroatoms. The first kappa shape index (κ1) is 21.2. The van der Waals surface area contributed by atoms with Crippen LogP contribution in [0, 0.1) is 0 Å². The van der Waals surface area contributed by atoms with Gasteiger partial charge in [0.15, 0.2) is 12.4 Å². The van der Waals surface area contributed by atoms with Crippen molar-refractivity contribution in [2.24, 2.45) is 0 Å². The third-order valence-electron chi connectivity index (χ3n) is 4.11. The molecule has 2 rings (SSSR count). The number of halogens is 1. The van der Waals surface area contributed by atoms with Gasteiger partial charge >= 0.3 is 5.97 Å². The Morgan fingerprint density at radius 3 is 2.15 bits per heavy atom. The Bertz CT molecular complexity index is 723. The summed E-state index contributed by atoms with van der Waals surface area (Å²) in [7, 11) is 0. The summed E-state index contributed by atoms with van der Waals surface area (Å²) in [5.74, 6) is -0.0145. The number of carbonyl (C=O) groups excluding carboxylic acids is 2. The van der Waals surface area contributed by atoms with Gasteiger partial charge in [-0.05, 0) is 55.0 Å². The fraction of sp³-hybridized carbons (Fsp3) is 0.364. The summed E-state index contributed by atoms with van der Waals surface area (Å²) in [6.45, 7) is 2.59. The van der Waals surface area contributed by atoms with Gasteiger partial charge in [0.2, 0.25) is 0 Å². The Kier molecular flexibility index (Phi) is 9.05. The normalized spacial score (nSPS) is 10.4. The average molecular weight is 433 g/mol. The summed E-state index contributed by atoms with van der Waals surface area (Å²) in [5, 5.41) is 0. The van der Waals surface area contributed by atoms with E-state index in [1.54, 1.807) is 48.5 Å². The van der Waals surface area contributed by atoms with Gasteiger partial charge in [-0.1, -0.05) is 48.5 Å². The van der Waals surface area contributed by atoms with E-state index >= 15 is 0 Å². The SMILES string of the molecule is CCCCCCCOc1ccc(C(=O)COC(=O)c2ccc(Br)cc2)cc1. The Labute approximate surface area is 169 Å². The third-order valence-corrected chi connectivity index (χ3v) is 4.64. The molecule has 0 amide bonds. The topological polar surface area (TPSA) is 52.6 Å². The van der Waals surface area contributed by atoms with E-state index in [0.29, 0.717) is 17.7 Å². The van der Waals surface area contributed by atoms with Gasteiger partial charge in [0.05, 0.1) is 12.2 Å². The van der Waals surface area contributed by atoms with E-state index in [-0.39, 0.29) is 12.4 Å². The maximum Gasteiger partial charge on any atom is 0.338 e. The molecule has 4 nitrogen and oxygen atoms in total. The molecule has 0 radical (unpaired) electrons. The van der Waals surface area contributed by atoms with Crippen molar-refractivity contribution >= 4 is 27.7 Å². The molecular formula is C22H25BrO4. The summed E-state index contributed by atoms with van der Waals surface area (Å²) in [4.78, 5) is 24.1. The minimum Gasteiger partial charge on any atom is -0.494 e. The molecule has 144 valence electrons. The molecule has 0 saturated carbocycles. The molecule has 0 saturated heterocycles. The second kappa shape index (κ2) is 11.5. The Morgan fingerprint density at radius 2 is 1.48 bits per heavy atom. The van der Waals surface area contributed by atoms with Crippen molar-refractivity contribution in [2.45, 2.75) is 39.0 Å². The van der Waals surface area contributed by atoms with Gasteiger partial charge in [-0.2, -0.15) is 0 Å². The van der Waals surface area contributed by atoms with Crippen LogP contribution in [0.2, 0.25) is 0 Å². The van der Waals surface area contributed by atoms with Crippen LogP contribution in [0.25, 0.3) is 0 Å². The molecule has 0 aliphatic carbocycles. The van der Waals surface area contributed by atoms with E-state index in [0.717, 1.165) is 16.6 Å². The lowest BCUT2D eigenvalue weighted by atomic mass is 10.1. The molecule has 0 aliphatic heterocycles. The fourth-order valence-electron chi connectivity index (χ4n) is 2.52. The monoisotopic (exact) mass is 432 g/mol. The zero-order chi connectivity index (χ0) is 19.5. The van der Waals surface area contributed by atoms with Crippen LogP contribution >= 0.6 is 15.9 Å². The average Bonchev–Trinajstić information content (AvgIpc) is 2.69. The summed E-state index contributed by atoms with van der Waals surface area (Å²) in [6.07, 6.45) is 5.95. The van der Waals surface area contributed by atoms with Crippen LogP contribution in [0.1, 0.15) is 59.7 Å². The third kappa shape index (κ3) is 7.55. The number of ether oxygens (including phenoxy) is 2. The maximum atomic E-state index is 12.2. The first-order chi connectivity index (χ1) is 13.1. The summed E-state index contributed by atoms with van der Waals surface area (Å²) in [6, 6.07) is 13.7. The molecule has 0 spiro atoms. The van der Waals surface area contributed by atoms with Crippen LogP contribution in [0.3, 0.4) is 0 Å². The molecule has 0 fully saturated rings. The molecule has 0 N–H and O–H groups in total. The fourth-order valence-corrected chi connectivity index (χ4v) is 2.78. The van der Waals surface area contributed by atoms with E-state index in [2.05, 4.69) is 22.9 Å². The molecule has 0 unspecified atom stereocenters. The predicted molar refractivity (Wildman–Crippen MR) is 109 cm³/mol. The summed E-state index contributed by atoms with van der Waals surface area (Å²) >= 11 is 3.31. The number of hydrogen-bond donors (Lipinski definition) is 0. The summed E-state index contributed by atoms with van der Waals surface area (Å²) in [5.41, 5.74) is 0.905. The standard InChI is InChI=1S/C22H25BrO4/c1-2-3-4-5-6-15-26-20-13-9-17(10-14-20)21(24)16-27-22(25)18-7-11-19(23)12-8-18/h7-14H,2-6,15-16H2,1H3. The molecule has 27 heavy (non-hydrogen) atoms. The van der Waals surface area contributed by atoms with Gasteiger partial charge < -0.3 is 9.47 Å². The first-order valence-electron chi connectivity index (χ1n) is 9.29. The highest BCUT2D eigenvalue weighted by molar-refractivity contribution is 9.10. The second-order valence-electron chi connectivity index (χ2n) is 6.29. The van der Waals surface area contributed by atoms with E-state index in [4.69, 9.17) is 9.47 Å². The molecular weight excluding hydrogens is 408 g/mol. The highest BCUT2D eigenvalue weighted by Gasteiger charge is 2.12. The number of rotatable bonds is 11. The number of hydrogen-bond acceptors (Lipinski definition) is 4. The molecule has 2 aromatic rings. The van der Waals surface area contributed by atoms with E-state index in [1.807, 2.05) is 0 Å². The smallest absolute Gasteiger partial charge is 0.338 e.